The second-order valence-electron chi connectivity index (χ2n) is 17.2. The topological polar surface area (TPSA) is 180 Å². The van der Waals surface area contributed by atoms with E-state index in [0.717, 1.165) is 0 Å². The SMILES string of the molecule is CCC1OC(=O)C(C)C(O[C@H]2C[C@@](C)(OC)[C@@H](O)C(C)O2)C(C)[C@@H](OC2OC(C)CC(N(C)C)[C@H]2O)[C@@](C)(O)C[C@@H](C)CN(C)[C@H](C)[C@@H](O)[C@]1(C)O. The molecule has 0 saturated carbocycles. The Hall–Kier alpha value is -1.01. The summed E-state index contributed by atoms with van der Waals surface area (Å²) in [4.78, 5) is 18.0. The molecule has 18 atom stereocenters. The van der Waals surface area contributed by atoms with Crippen molar-refractivity contribution in [3.8, 4) is 0 Å². The molecular formula is C38H72N2O12. The minimum Gasteiger partial charge on any atom is -0.459 e. The van der Waals surface area contributed by atoms with E-state index in [-0.39, 0.29) is 37.3 Å². The minimum atomic E-state index is -1.80. The van der Waals surface area contributed by atoms with E-state index in [1.165, 1.54) is 14.0 Å². The first-order chi connectivity index (χ1) is 23.9. The number of likely N-dealkylation sites (N-methyl/N-ethyl adjacent to an activating group) is 2. The van der Waals surface area contributed by atoms with Crippen LogP contribution in [-0.2, 0) is 33.2 Å². The lowest BCUT2D eigenvalue weighted by molar-refractivity contribution is -0.318. The molecule has 3 aliphatic rings. The number of carbonyl (C=O) groups is 1. The lowest BCUT2D eigenvalue weighted by atomic mass is 9.77. The van der Waals surface area contributed by atoms with Crippen LogP contribution >= 0.6 is 0 Å². The van der Waals surface area contributed by atoms with Crippen molar-refractivity contribution < 1.29 is 58.7 Å². The fraction of sp³-hybridized carbons (Fsp3) is 0.974. The second-order valence-corrected chi connectivity index (χ2v) is 17.2. The van der Waals surface area contributed by atoms with Gasteiger partial charge >= 0.3 is 5.97 Å². The van der Waals surface area contributed by atoms with Crippen molar-refractivity contribution in [2.24, 2.45) is 17.8 Å². The van der Waals surface area contributed by atoms with Gasteiger partial charge < -0.3 is 63.8 Å². The van der Waals surface area contributed by atoms with Gasteiger partial charge in [-0.3, -0.25) is 4.79 Å². The van der Waals surface area contributed by atoms with Crippen LogP contribution in [0.3, 0.4) is 0 Å². The molecule has 0 aliphatic carbocycles. The van der Waals surface area contributed by atoms with E-state index in [1.54, 1.807) is 41.5 Å². The van der Waals surface area contributed by atoms with Crippen molar-refractivity contribution in [3.63, 3.8) is 0 Å². The molecule has 306 valence electrons. The second kappa shape index (κ2) is 17.8. The summed E-state index contributed by atoms with van der Waals surface area (Å²) >= 11 is 0. The minimum absolute atomic E-state index is 0.133. The standard InChI is InChI=1S/C38H72N2O12/c1-15-27-38(10,46)31(42)24(6)40(13)19-20(2)17-36(8,45)33(52-35-29(41)26(39(11)12)16-21(3)48-35)22(4)30(23(5)34(44)50-27)51-28-18-37(9,47-14)32(43)25(7)49-28/h20-33,35,41-43,45-46H,15-19H2,1-14H3/t20-,21?,22?,23?,24-,25?,26?,27?,28+,29-,30?,31-,32+,33-,35?,36+,37-,38-/m1/s1. The zero-order valence-corrected chi connectivity index (χ0v) is 34.2. The highest BCUT2D eigenvalue weighted by atomic mass is 16.7. The summed E-state index contributed by atoms with van der Waals surface area (Å²) in [6.07, 6.45) is -8.19. The molecule has 3 saturated heterocycles. The number of aliphatic hydroxyl groups excluding tert-OH is 3. The first-order valence-electron chi connectivity index (χ1n) is 19.1. The fourth-order valence-electron chi connectivity index (χ4n) is 8.74. The number of methoxy groups -OCH3 is 1. The summed E-state index contributed by atoms with van der Waals surface area (Å²) in [5, 5.41) is 58.1. The van der Waals surface area contributed by atoms with Gasteiger partial charge in [-0.1, -0.05) is 20.8 Å². The van der Waals surface area contributed by atoms with Crippen LogP contribution in [0.5, 0.6) is 0 Å². The van der Waals surface area contributed by atoms with Crippen molar-refractivity contribution in [2.75, 3.05) is 34.8 Å². The lowest BCUT2D eigenvalue weighted by Gasteiger charge is -2.48. The maximum atomic E-state index is 14.2. The van der Waals surface area contributed by atoms with Crippen LogP contribution < -0.4 is 0 Å². The Morgan fingerprint density at radius 3 is 2.12 bits per heavy atom. The third kappa shape index (κ3) is 10.0. The Morgan fingerprint density at radius 2 is 1.56 bits per heavy atom. The van der Waals surface area contributed by atoms with E-state index >= 15 is 0 Å². The summed E-state index contributed by atoms with van der Waals surface area (Å²) in [6, 6.07) is -0.808. The molecule has 0 aromatic carbocycles. The number of hydrogen-bond acceptors (Lipinski definition) is 14. The molecule has 5 N–H and O–H groups in total. The van der Waals surface area contributed by atoms with Crippen molar-refractivity contribution in [2.45, 2.75) is 185 Å². The summed E-state index contributed by atoms with van der Waals surface area (Å²) in [6.45, 7) is 18.0. The van der Waals surface area contributed by atoms with Gasteiger partial charge in [0.15, 0.2) is 12.6 Å². The van der Waals surface area contributed by atoms with Crippen LogP contribution in [0.1, 0.15) is 94.9 Å². The Bertz CT molecular complexity index is 1140. The number of ether oxygens (including phenoxy) is 6. The zero-order chi connectivity index (χ0) is 39.7. The quantitative estimate of drug-likeness (QED) is 0.238. The Balaban J connectivity index is 2.17. The predicted molar refractivity (Wildman–Crippen MR) is 194 cm³/mol. The maximum Gasteiger partial charge on any atom is 0.311 e. The van der Waals surface area contributed by atoms with Gasteiger partial charge in [-0.25, -0.2) is 0 Å². The largest absolute Gasteiger partial charge is 0.459 e. The summed E-state index contributed by atoms with van der Waals surface area (Å²) in [5.41, 5.74) is -4.37. The fourth-order valence-corrected chi connectivity index (χ4v) is 8.74. The number of hydrogen-bond donors (Lipinski definition) is 5. The van der Waals surface area contributed by atoms with Crippen molar-refractivity contribution in [1.29, 1.82) is 0 Å². The lowest BCUT2D eigenvalue weighted by Crippen LogP contribution is -2.60. The number of rotatable bonds is 7. The van der Waals surface area contributed by atoms with Gasteiger partial charge in [0.2, 0.25) is 0 Å². The van der Waals surface area contributed by atoms with E-state index in [4.69, 9.17) is 28.4 Å². The molecule has 3 heterocycles. The summed E-state index contributed by atoms with van der Waals surface area (Å²) in [5.74, 6) is -2.58. The van der Waals surface area contributed by atoms with Crippen LogP contribution in [0.25, 0.3) is 0 Å². The molecule has 0 aromatic rings. The monoisotopic (exact) mass is 749 g/mol. The average molecular weight is 749 g/mol. The molecule has 0 amide bonds. The van der Waals surface area contributed by atoms with E-state index in [9.17, 15) is 30.3 Å². The number of esters is 1. The molecule has 3 aliphatic heterocycles. The number of nitrogens with zero attached hydrogens (tertiary/aromatic N) is 2. The molecule has 0 aromatic heterocycles. The molecule has 0 bridgehead atoms. The molecule has 52 heavy (non-hydrogen) atoms. The van der Waals surface area contributed by atoms with Crippen LogP contribution in [0, 0.1) is 17.8 Å². The smallest absolute Gasteiger partial charge is 0.311 e. The van der Waals surface area contributed by atoms with E-state index in [2.05, 4.69) is 0 Å². The first-order valence-corrected chi connectivity index (χ1v) is 19.1. The van der Waals surface area contributed by atoms with Crippen LogP contribution in [-0.4, -0.2) is 166 Å². The molecule has 3 fully saturated rings. The van der Waals surface area contributed by atoms with Gasteiger partial charge in [-0.2, -0.15) is 0 Å². The first kappa shape index (κ1) is 45.4. The van der Waals surface area contributed by atoms with Gasteiger partial charge in [-0.15, -0.1) is 0 Å². The molecule has 0 spiro atoms. The zero-order valence-electron chi connectivity index (χ0n) is 34.2. The van der Waals surface area contributed by atoms with Crippen molar-refractivity contribution in [1.82, 2.24) is 9.80 Å². The number of aliphatic hydroxyl groups is 5. The molecule has 8 unspecified atom stereocenters. The van der Waals surface area contributed by atoms with Gasteiger partial charge in [0.1, 0.15) is 30.0 Å². The molecule has 14 heteroatoms. The molecule has 3 rings (SSSR count). The molecular weight excluding hydrogens is 676 g/mol. The van der Waals surface area contributed by atoms with Crippen molar-refractivity contribution >= 4 is 5.97 Å². The van der Waals surface area contributed by atoms with Gasteiger partial charge in [0, 0.05) is 38.1 Å². The molecule has 14 nitrogen and oxygen atoms in total. The number of carbonyl (C=O) groups excluding carboxylic acids is 1. The molecule has 0 radical (unpaired) electrons. The van der Waals surface area contributed by atoms with Gasteiger partial charge in [0.25, 0.3) is 0 Å². The average Bonchev–Trinajstić information content (AvgIpc) is 3.05. The highest BCUT2D eigenvalue weighted by Gasteiger charge is 2.52. The van der Waals surface area contributed by atoms with E-state index < -0.39 is 96.0 Å². The predicted octanol–water partition coefficient (Wildman–Crippen LogP) is 1.90. The summed E-state index contributed by atoms with van der Waals surface area (Å²) in [7, 11) is 7.12. The van der Waals surface area contributed by atoms with E-state index in [1.807, 2.05) is 51.7 Å². The normalized spacial score (nSPS) is 49.6. The van der Waals surface area contributed by atoms with Crippen molar-refractivity contribution in [3.05, 3.63) is 0 Å². The van der Waals surface area contributed by atoms with Crippen LogP contribution in [0.2, 0.25) is 0 Å². The summed E-state index contributed by atoms with van der Waals surface area (Å²) < 4.78 is 37.5. The Labute approximate surface area is 312 Å². The third-order valence-corrected chi connectivity index (χ3v) is 12.2. The van der Waals surface area contributed by atoms with E-state index in [0.29, 0.717) is 13.0 Å². The highest BCUT2D eigenvalue weighted by Crippen LogP contribution is 2.40. The van der Waals surface area contributed by atoms with Gasteiger partial charge in [-0.05, 0) is 94.8 Å². The number of cyclic esters (lactones) is 1. The third-order valence-electron chi connectivity index (χ3n) is 12.2. The van der Waals surface area contributed by atoms with Gasteiger partial charge in [0.05, 0.1) is 41.5 Å². The highest BCUT2D eigenvalue weighted by molar-refractivity contribution is 5.73. The van der Waals surface area contributed by atoms with Crippen LogP contribution in [0.15, 0.2) is 0 Å². The Kier molecular flexibility index (Phi) is 15.6. The maximum absolute atomic E-state index is 14.2. The Morgan fingerprint density at radius 1 is 0.942 bits per heavy atom. The van der Waals surface area contributed by atoms with Crippen LogP contribution in [0.4, 0.5) is 0 Å².